The second-order valence-corrected chi connectivity index (χ2v) is 4.62. The highest BCUT2D eigenvalue weighted by Crippen LogP contribution is 2.30. The first kappa shape index (κ1) is 14.1. The molecule has 2 rings (SSSR count). The summed E-state index contributed by atoms with van der Waals surface area (Å²) in [5, 5.41) is 20.6. The molecular weight excluding hydrogens is 266 g/mol. The molecule has 7 nitrogen and oxygen atoms in total. The molecule has 0 aliphatic carbocycles. The molecule has 108 valence electrons. The molecule has 3 N–H and O–H groups in total. The average Bonchev–Trinajstić information content (AvgIpc) is 2.44. The summed E-state index contributed by atoms with van der Waals surface area (Å²) in [5.74, 6) is -0.872. The molecule has 1 aromatic carbocycles. The van der Waals surface area contributed by atoms with Gasteiger partial charge in [-0.2, -0.15) is 0 Å². The first-order valence-corrected chi connectivity index (χ1v) is 6.04. The Bertz CT molecular complexity index is 540. The van der Waals surface area contributed by atoms with Crippen LogP contribution in [-0.4, -0.2) is 47.4 Å². The largest absolute Gasteiger partial charge is 0.486 e. The van der Waals surface area contributed by atoms with Crippen LogP contribution < -0.4 is 14.8 Å². The average molecular weight is 281 g/mol. The first-order chi connectivity index (χ1) is 9.40. The fraction of sp³-hybridized carbons (Fsp3) is 0.385. The second-order valence-electron chi connectivity index (χ2n) is 4.62. The lowest BCUT2D eigenvalue weighted by Crippen LogP contribution is -2.46. The minimum absolute atomic E-state index is 0.301. The van der Waals surface area contributed by atoms with Gasteiger partial charge >= 0.3 is 5.97 Å². The summed E-state index contributed by atoms with van der Waals surface area (Å²) < 4.78 is 10.7. The molecule has 0 saturated carbocycles. The van der Waals surface area contributed by atoms with Gasteiger partial charge in [-0.3, -0.25) is 4.79 Å². The van der Waals surface area contributed by atoms with Gasteiger partial charge in [-0.05, 0) is 25.1 Å². The Kier molecular flexibility index (Phi) is 3.80. The van der Waals surface area contributed by atoms with E-state index in [2.05, 4.69) is 5.32 Å². The van der Waals surface area contributed by atoms with Crippen molar-refractivity contribution in [2.45, 2.75) is 12.5 Å². The van der Waals surface area contributed by atoms with E-state index in [1.165, 1.54) is 6.07 Å². The summed E-state index contributed by atoms with van der Waals surface area (Å²) in [5.41, 5.74) is -1.71. The number of hydrogen-bond acceptors (Lipinski definition) is 5. The van der Waals surface area contributed by atoms with Gasteiger partial charge in [0.2, 0.25) is 0 Å². The number of aliphatic carboxylic acids is 1. The van der Waals surface area contributed by atoms with E-state index in [0.29, 0.717) is 30.3 Å². The summed E-state index contributed by atoms with van der Waals surface area (Å²) in [6, 6.07) is 4.66. The van der Waals surface area contributed by atoms with Crippen LogP contribution in [0.4, 0.5) is 0 Å². The number of carbonyl (C=O) groups is 2. The number of aliphatic hydroxyl groups is 1. The van der Waals surface area contributed by atoms with Gasteiger partial charge in [-0.1, -0.05) is 0 Å². The third kappa shape index (κ3) is 3.00. The van der Waals surface area contributed by atoms with Crippen molar-refractivity contribution < 1.29 is 29.3 Å². The molecule has 0 radical (unpaired) electrons. The van der Waals surface area contributed by atoms with Crippen molar-refractivity contribution >= 4 is 11.9 Å². The summed E-state index contributed by atoms with van der Waals surface area (Å²) in [7, 11) is 0. The number of carboxylic acid groups (broad SMARTS) is 1. The minimum Gasteiger partial charge on any atom is -0.486 e. The lowest BCUT2D eigenvalue weighted by atomic mass is 10.1. The summed E-state index contributed by atoms with van der Waals surface area (Å²) in [6.07, 6.45) is 0. The number of benzene rings is 1. The standard InChI is InChI=1S/C13H15NO6/c1-13(18,12(16)17)7-14-11(15)8-2-3-9-10(6-8)20-5-4-19-9/h2-3,6,18H,4-5,7H2,1H3,(H,14,15)(H,16,17). The van der Waals surface area contributed by atoms with E-state index in [1.54, 1.807) is 12.1 Å². The number of nitrogens with one attached hydrogen (secondary N) is 1. The Balaban J connectivity index is 2.04. The predicted molar refractivity (Wildman–Crippen MR) is 68.0 cm³/mol. The monoisotopic (exact) mass is 281 g/mol. The number of ether oxygens (including phenoxy) is 2. The minimum atomic E-state index is -2.01. The molecule has 1 heterocycles. The first-order valence-electron chi connectivity index (χ1n) is 6.04. The van der Waals surface area contributed by atoms with Gasteiger partial charge in [-0.15, -0.1) is 0 Å². The molecule has 0 saturated heterocycles. The van der Waals surface area contributed by atoms with Crippen LogP contribution in [0.1, 0.15) is 17.3 Å². The van der Waals surface area contributed by atoms with Gasteiger partial charge in [0.25, 0.3) is 5.91 Å². The molecule has 7 heteroatoms. The van der Waals surface area contributed by atoms with Crippen LogP contribution in [0.5, 0.6) is 11.5 Å². The molecule has 1 aliphatic heterocycles. The van der Waals surface area contributed by atoms with Crippen LogP contribution in [0, 0.1) is 0 Å². The fourth-order valence-corrected chi connectivity index (χ4v) is 1.61. The molecule has 0 bridgehead atoms. The molecule has 0 fully saturated rings. The highest BCUT2D eigenvalue weighted by molar-refractivity contribution is 5.95. The van der Waals surface area contributed by atoms with Gasteiger partial charge in [0.1, 0.15) is 13.2 Å². The van der Waals surface area contributed by atoms with Gasteiger partial charge in [0, 0.05) is 5.56 Å². The van der Waals surface area contributed by atoms with E-state index >= 15 is 0 Å². The van der Waals surface area contributed by atoms with Crippen molar-refractivity contribution in [3.8, 4) is 11.5 Å². The Morgan fingerprint density at radius 3 is 2.60 bits per heavy atom. The maximum Gasteiger partial charge on any atom is 0.337 e. The number of rotatable bonds is 4. The van der Waals surface area contributed by atoms with Crippen molar-refractivity contribution in [1.82, 2.24) is 5.32 Å². The number of hydrogen-bond donors (Lipinski definition) is 3. The van der Waals surface area contributed by atoms with Crippen LogP contribution in [0.2, 0.25) is 0 Å². The SMILES string of the molecule is CC(O)(CNC(=O)c1ccc2c(c1)OCCO2)C(=O)O. The second kappa shape index (κ2) is 5.38. The van der Waals surface area contributed by atoms with E-state index in [-0.39, 0.29) is 0 Å². The van der Waals surface area contributed by atoms with E-state index in [1.807, 2.05) is 0 Å². The zero-order valence-corrected chi connectivity index (χ0v) is 10.9. The van der Waals surface area contributed by atoms with Gasteiger partial charge in [-0.25, -0.2) is 4.79 Å². The number of carboxylic acids is 1. The quantitative estimate of drug-likeness (QED) is 0.718. The van der Waals surface area contributed by atoms with E-state index in [4.69, 9.17) is 14.6 Å². The topological polar surface area (TPSA) is 105 Å². The fourth-order valence-electron chi connectivity index (χ4n) is 1.61. The van der Waals surface area contributed by atoms with Gasteiger partial charge in [0.15, 0.2) is 17.1 Å². The smallest absolute Gasteiger partial charge is 0.337 e. The molecule has 0 spiro atoms. The lowest BCUT2D eigenvalue weighted by Gasteiger charge is -2.20. The van der Waals surface area contributed by atoms with E-state index < -0.39 is 24.0 Å². The highest BCUT2D eigenvalue weighted by Gasteiger charge is 2.30. The van der Waals surface area contributed by atoms with Crippen LogP contribution in [-0.2, 0) is 4.79 Å². The van der Waals surface area contributed by atoms with E-state index in [9.17, 15) is 14.7 Å². The molecule has 1 unspecified atom stereocenters. The molecule has 1 aliphatic rings. The third-order valence-electron chi connectivity index (χ3n) is 2.86. The van der Waals surface area contributed by atoms with Crippen molar-refractivity contribution in [3.63, 3.8) is 0 Å². The lowest BCUT2D eigenvalue weighted by molar-refractivity contribution is -0.155. The number of amides is 1. The molecule has 1 aromatic rings. The van der Waals surface area contributed by atoms with Gasteiger partial charge in [0.05, 0.1) is 6.54 Å². The zero-order valence-electron chi connectivity index (χ0n) is 10.9. The third-order valence-corrected chi connectivity index (χ3v) is 2.86. The van der Waals surface area contributed by atoms with Crippen LogP contribution >= 0.6 is 0 Å². The molecule has 20 heavy (non-hydrogen) atoms. The maximum atomic E-state index is 11.9. The van der Waals surface area contributed by atoms with E-state index in [0.717, 1.165) is 6.92 Å². The predicted octanol–water partition coefficient (Wildman–Crippen LogP) is 0.0232. The van der Waals surface area contributed by atoms with Crippen molar-refractivity contribution in [1.29, 1.82) is 0 Å². The Labute approximate surface area is 115 Å². The van der Waals surface area contributed by atoms with Crippen molar-refractivity contribution in [3.05, 3.63) is 23.8 Å². The molecule has 1 amide bonds. The van der Waals surface area contributed by atoms with Gasteiger partial charge < -0.3 is 25.0 Å². The Morgan fingerprint density at radius 2 is 1.95 bits per heavy atom. The Hall–Kier alpha value is -2.28. The summed E-state index contributed by atoms with van der Waals surface area (Å²) in [4.78, 5) is 22.6. The zero-order chi connectivity index (χ0) is 14.8. The number of fused-ring (bicyclic) bond motifs is 1. The van der Waals surface area contributed by atoms with Crippen LogP contribution in [0.3, 0.4) is 0 Å². The summed E-state index contributed by atoms with van der Waals surface area (Å²) in [6.45, 7) is 1.58. The van der Waals surface area contributed by atoms with Crippen molar-refractivity contribution in [2.75, 3.05) is 19.8 Å². The normalized spacial score (nSPS) is 16.1. The van der Waals surface area contributed by atoms with Crippen molar-refractivity contribution in [2.24, 2.45) is 0 Å². The van der Waals surface area contributed by atoms with Crippen LogP contribution in [0.25, 0.3) is 0 Å². The molecule has 0 aromatic heterocycles. The number of carbonyl (C=O) groups excluding carboxylic acids is 1. The molecule has 1 atom stereocenters. The highest BCUT2D eigenvalue weighted by atomic mass is 16.6. The summed E-state index contributed by atoms with van der Waals surface area (Å²) >= 11 is 0. The Morgan fingerprint density at radius 1 is 1.30 bits per heavy atom. The van der Waals surface area contributed by atoms with Crippen LogP contribution in [0.15, 0.2) is 18.2 Å². The molecular formula is C13H15NO6. The maximum absolute atomic E-state index is 11.9.